The lowest BCUT2D eigenvalue weighted by molar-refractivity contribution is 1.09. The van der Waals surface area contributed by atoms with E-state index in [4.69, 9.17) is 17.3 Å². The Hall–Kier alpha value is -2.73. The summed E-state index contributed by atoms with van der Waals surface area (Å²) in [7, 11) is 4.04. The van der Waals surface area contributed by atoms with Gasteiger partial charge in [-0.05, 0) is 48.4 Å². The highest BCUT2D eigenvalue weighted by atomic mass is 35.5. The molecule has 1 heterocycles. The highest BCUT2D eigenvalue weighted by Crippen LogP contribution is 2.30. The lowest BCUT2D eigenvalue weighted by atomic mass is 10.1. The molecule has 3 aromatic rings. The lowest BCUT2D eigenvalue weighted by Crippen LogP contribution is -2.09. The molecule has 0 unspecified atom stereocenters. The number of nitrogens with two attached hydrogens (primary N) is 1. The minimum Gasteiger partial charge on any atom is -0.397 e. The summed E-state index contributed by atoms with van der Waals surface area (Å²) in [6.07, 6.45) is 0. The van der Waals surface area contributed by atoms with Crippen molar-refractivity contribution >= 4 is 45.4 Å². The number of nitrogens with one attached hydrogen (secondary N) is 2. The Morgan fingerprint density at radius 1 is 1.08 bits per heavy atom. The van der Waals surface area contributed by atoms with Crippen molar-refractivity contribution < 1.29 is 0 Å². The Bertz CT molecular complexity index is 908. The summed E-state index contributed by atoms with van der Waals surface area (Å²) in [6.45, 7) is 3.43. The van der Waals surface area contributed by atoms with E-state index in [0.29, 0.717) is 18.1 Å². The van der Waals surface area contributed by atoms with Gasteiger partial charge in [-0.15, -0.1) is 0 Å². The Morgan fingerprint density at radius 2 is 1.81 bits per heavy atom. The fourth-order valence-electron chi connectivity index (χ4n) is 2.74. The minimum atomic E-state index is 0.204. The van der Waals surface area contributed by atoms with Crippen molar-refractivity contribution in [2.45, 2.75) is 13.5 Å². The van der Waals surface area contributed by atoms with E-state index < -0.39 is 0 Å². The number of fused-ring (bicyclic) bond motifs is 1. The van der Waals surface area contributed by atoms with Crippen LogP contribution < -0.4 is 21.3 Å². The van der Waals surface area contributed by atoms with E-state index in [0.717, 1.165) is 34.4 Å². The van der Waals surface area contributed by atoms with Gasteiger partial charge in [0.05, 0.1) is 16.9 Å². The minimum absolute atomic E-state index is 0.204. The lowest BCUT2D eigenvalue weighted by Gasteiger charge is -2.14. The number of benzene rings is 2. The molecule has 0 aliphatic heterocycles. The van der Waals surface area contributed by atoms with Crippen LogP contribution in [0.15, 0.2) is 36.4 Å². The highest BCUT2D eigenvalue weighted by Gasteiger charge is 2.10. The molecule has 0 radical (unpaired) electrons. The topological polar surface area (TPSA) is 79.1 Å². The third-order valence-corrected chi connectivity index (χ3v) is 4.29. The van der Waals surface area contributed by atoms with Crippen LogP contribution in [0, 0.1) is 0 Å². The summed E-state index contributed by atoms with van der Waals surface area (Å²) in [4.78, 5) is 10.7. The number of anilines is 4. The molecule has 26 heavy (non-hydrogen) atoms. The van der Waals surface area contributed by atoms with Crippen molar-refractivity contribution in [1.29, 1.82) is 0 Å². The quantitative estimate of drug-likeness (QED) is 0.450. The summed E-state index contributed by atoms with van der Waals surface area (Å²) in [6, 6.07) is 12.1. The van der Waals surface area contributed by atoms with Crippen LogP contribution in [0.2, 0.25) is 5.28 Å². The number of hydrogen-bond acceptors (Lipinski definition) is 6. The van der Waals surface area contributed by atoms with Crippen molar-refractivity contribution in [1.82, 2.24) is 9.97 Å². The smallest absolute Gasteiger partial charge is 0.224 e. The van der Waals surface area contributed by atoms with Crippen molar-refractivity contribution in [3.63, 3.8) is 0 Å². The molecule has 0 saturated carbocycles. The number of rotatable bonds is 6. The van der Waals surface area contributed by atoms with Gasteiger partial charge in [0.1, 0.15) is 5.82 Å². The second kappa shape index (κ2) is 7.66. The van der Waals surface area contributed by atoms with Gasteiger partial charge in [-0.3, -0.25) is 0 Å². The average Bonchev–Trinajstić information content (AvgIpc) is 2.61. The van der Waals surface area contributed by atoms with Crippen LogP contribution >= 0.6 is 11.6 Å². The molecule has 0 aliphatic rings. The van der Waals surface area contributed by atoms with Gasteiger partial charge >= 0.3 is 0 Å². The van der Waals surface area contributed by atoms with Gasteiger partial charge in [-0.25, -0.2) is 9.97 Å². The van der Waals surface area contributed by atoms with Gasteiger partial charge < -0.3 is 21.3 Å². The fourth-order valence-corrected chi connectivity index (χ4v) is 2.92. The molecule has 6 nitrogen and oxygen atoms in total. The standard InChI is InChI=1S/C19H23ClN6/c1-4-22-17-10-16-14(9-15(17)21)18(25-19(20)24-16)23-11-12-5-7-13(8-6-12)26(2)3/h5-10,22H,4,11,21H2,1-3H3,(H,23,24,25). The number of hydrogen-bond donors (Lipinski definition) is 3. The second-order valence-electron chi connectivity index (χ2n) is 6.24. The van der Waals surface area contributed by atoms with Gasteiger partial charge in [-0.1, -0.05) is 12.1 Å². The fraction of sp³-hybridized carbons (Fsp3) is 0.263. The van der Waals surface area contributed by atoms with Gasteiger partial charge in [-0.2, -0.15) is 0 Å². The van der Waals surface area contributed by atoms with Gasteiger partial charge in [0, 0.05) is 38.3 Å². The third-order valence-electron chi connectivity index (χ3n) is 4.12. The van der Waals surface area contributed by atoms with E-state index in [1.54, 1.807) is 0 Å². The first kappa shape index (κ1) is 18.1. The number of nitrogens with zero attached hydrogens (tertiary/aromatic N) is 3. The summed E-state index contributed by atoms with van der Waals surface area (Å²) < 4.78 is 0. The van der Waals surface area contributed by atoms with E-state index in [2.05, 4.69) is 49.8 Å². The van der Waals surface area contributed by atoms with E-state index in [-0.39, 0.29) is 5.28 Å². The van der Waals surface area contributed by atoms with Gasteiger partial charge in [0.25, 0.3) is 0 Å². The Kier molecular flexibility index (Phi) is 5.32. The Morgan fingerprint density at radius 3 is 2.46 bits per heavy atom. The Labute approximate surface area is 158 Å². The van der Waals surface area contributed by atoms with E-state index in [9.17, 15) is 0 Å². The normalized spacial score (nSPS) is 10.8. The molecule has 4 N–H and O–H groups in total. The maximum Gasteiger partial charge on any atom is 0.224 e. The number of nitrogen functional groups attached to an aromatic ring is 1. The predicted octanol–water partition coefficient (Wildman–Crippen LogP) is 3.98. The molecule has 7 heteroatoms. The molecule has 0 atom stereocenters. The molecule has 0 saturated heterocycles. The first-order valence-electron chi connectivity index (χ1n) is 8.48. The molecule has 1 aromatic heterocycles. The highest BCUT2D eigenvalue weighted by molar-refractivity contribution is 6.28. The zero-order chi connectivity index (χ0) is 18.7. The van der Waals surface area contributed by atoms with Crippen LogP contribution in [0.4, 0.5) is 22.9 Å². The van der Waals surface area contributed by atoms with E-state index >= 15 is 0 Å². The van der Waals surface area contributed by atoms with E-state index in [1.807, 2.05) is 33.2 Å². The van der Waals surface area contributed by atoms with Crippen molar-refractivity contribution in [2.24, 2.45) is 0 Å². The van der Waals surface area contributed by atoms with Crippen molar-refractivity contribution in [3.05, 3.63) is 47.2 Å². The summed E-state index contributed by atoms with van der Waals surface area (Å²) in [5.41, 5.74) is 10.7. The molecule has 0 aliphatic carbocycles. The maximum atomic E-state index is 6.15. The molecule has 2 aromatic carbocycles. The summed E-state index contributed by atoms with van der Waals surface area (Å²) in [5.74, 6) is 0.673. The first-order chi connectivity index (χ1) is 12.5. The van der Waals surface area contributed by atoms with Gasteiger partial charge in [0.15, 0.2) is 0 Å². The average molecular weight is 371 g/mol. The zero-order valence-corrected chi connectivity index (χ0v) is 15.9. The van der Waals surface area contributed by atoms with Crippen LogP contribution in [0.3, 0.4) is 0 Å². The molecule has 3 rings (SSSR count). The maximum absolute atomic E-state index is 6.15. The third kappa shape index (κ3) is 3.91. The van der Waals surface area contributed by atoms with Crippen LogP contribution in [0.25, 0.3) is 10.9 Å². The Balaban J connectivity index is 1.88. The van der Waals surface area contributed by atoms with E-state index in [1.165, 1.54) is 0 Å². The zero-order valence-electron chi connectivity index (χ0n) is 15.2. The number of aromatic nitrogens is 2. The summed E-state index contributed by atoms with van der Waals surface area (Å²) >= 11 is 6.11. The molecule has 136 valence electrons. The molecule has 0 amide bonds. The van der Waals surface area contributed by atoms with Crippen LogP contribution in [0.1, 0.15) is 12.5 Å². The molecular formula is C19H23ClN6. The van der Waals surface area contributed by atoms with Crippen LogP contribution in [0.5, 0.6) is 0 Å². The predicted molar refractivity (Wildman–Crippen MR) is 111 cm³/mol. The SMILES string of the molecule is CCNc1cc2nc(Cl)nc(NCc3ccc(N(C)C)cc3)c2cc1N. The van der Waals surface area contributed by atoms with Crippen molar-refractivity contribution in [3.8, 4) is 0 Å². The van der Waals surface area contributed by atoms with Crippen LogP contribution in [-0.2, 0) is 6.54 Å². The molecule has 0 fully saturated rings. The van der Waals surface area contributed by atoms with Gasteiger partial charge in [0.2, 0.25) is 5.28 Å². The first-order valence-corrected chi connectivity index (χ1v) is 8.86. The van der Waals surface area contributed by atoms with Crippen molar-refractivity contribution in [2.75, 3.05) is 41.9 Å². The number of halogens is 1. The van der Waals surface area contributed by atoms with Crippen LogP contribution in [-0.4, -0.2) is 30.6 Å². The monoisotopic (exact) mass is 370 g/mol. The molecular weight excluding hydrogens is 348 g/mol. The molecule has 0 spiro atoms. The second-order valence-corrected chi connectivity index (χ2v) is 6.58. The summed E-state index contributed by atoms with van der Waals surface area (Å²) in [5, 5.41) is 7.62. The largest absolute Gasteiger partial charge is 0.397 e. The molecule has 0 bridgehead atoms.